The van der Waals surface area contributed by atoms with Crippen molar-refractivity contribution in [3.05, 3.63) is 29.7 Å². The van der Waals surface area contributed by atoms with Crippen LogP contribution in [-0.4, -0.2) is 42.0 Å². The molecular formula is C25H37N3O2. The van der Waals surface area contributed by atoms with Crippen molar-refractivity contribution in [1.29, 1.82) is 0 Å². The summed E-state index contributed by atoms with van der Waals surface area (Å²) >= 11 is 0. The van der Waals surface area contributed by atoms with E-state index < -0.39 is 0 Å². The Kier molecular flexibility index (Phi) is 6.19. The van der Waals surface area contributed by atoms with Crippen molar-refractivity contribution >= 4 is 17.0 Å². The van der Waals surface area contributed by atoms with Gasteiger partial charge < -0.3 is 14.6 Å². The van der Waals surface area contributed by atoms with Crippen LogP contribution in [-0.2, 0) is 16.6 Å². The normalized spacial score (nSPS) is 20.3. The lowest BCUT2D eigenvalue weighted by atomic mass is 9.69. The molecule has 1 saturated carbocycles. The molecule has 1 amide bonds. The van der Waals surface area contributed by atoms with Crippen LogP contribution >= 0.6 is 0 Å². The summed E-state index contributed by atoms with van der Waals surface area (Å²) in [5.74, 6) is 1.11. The molecule has 1 aromatic carbocycles. The summed E-state index contributed by atoms with van der Waals surface area (Å²) in [5, 5.41) is 3.40. The number of hydrogen-bond acceptors (Lipinski definition) is 4. The zero-order valence-electron chi connectivity index (χ0n) is 18.9. The number of oxazole rings is 1. The summed E-state index contributed by atoms with van der Waals surface area (Å²) in [6.45, 7) is 10.3. The zero-order chi connectivity index (χ0) is 21.2. The smallest absolute Gasteiger partial charge is 0.223 e. The monoisotopic (exact) mass is 411 g/mol. The highest BCUT2D eigenvalue weighted by atomic mass is 16.3. The van der Waals surface area contributed by atoms with Gasteiger partial charge in [0.15, 0.2) is 11.5 Å². The van der Waals surface area contributed by atoms with Gasteiger partial charge in [-0.3, -0.25) is 4.79 Å². The van der Waals surface area contributed by atoms with Crippen molar-refractivity contribution in [2.45, 2.75) is 77.6 Å². The summed E-state index contributed by atoms with van der Waals surface area (Å²) in [7, 11) is 0. The van der Waals surface area contributed by atoms with Crippen LogP contribution in [0.2, 0.25) is 0 Å². The van der Waals surface area contributed by atoms with Gasteiger partial charge in [-0.25, -0.2) is 4.98 Å². The van der Waals surface area contributed by atoms with E-state index in [1.54, 1.807) is 0 Å². The molecule has 1 aromatic heterocycles. The molecule has 30 heavy (non-hydrogen) atoms. The lowest BCUT2D eigenvalue weighted by molar-refractivity contribution is -0.134. The summed E-state index contributed by atoms with van der Waals surface area (Å²) in [4.78, 5) is 20.1. The molecule has 0 spiro atoms. The first-order valence-electron chi connectivity index (χ1n) is 11.7. The van der Waals surface area contributed by atoms with Gasteiger partial charge in [-0.2, -0.15) is 0 Å². The highest BCUT2D eigenvalue weighted by molar-refractivity contribution is 5.77. The minimum absolute atomic E-state index is 0.0111. The Balaban J connectivity index is 1.54. The second kappa shape index (κ2) is 8.70. The fourth-order valence-electron chi connectivity index (χ4n) is 5.08. The highest BCUT2D eigenvalue weighted by Crippen LogP contribution is 2.43. The van der Waals surface area contributed by atoms with E-state index in [1.807, 2.05) is 0 Å². The van der Waals surface area contributed by atoms with Crippen molar-refractivity contribution in [2.75, 3.05) is 26.2 Å². The number of hydrogen-bond donors (Lipinski definition) is 1. The molecule has 1 saturated heterocycles. The van der Waals surface area contributed by atoms with Crippen molar-refractivity contribution in [2.24, 2.45) is 5.41 Å². The van der Waals surface area contributed by atoms with Crippen LogP contribution in [0.5, 0.6) is 0 Å². The van der Waals surface area contributed by atoms with E-state index >= 15 is 0 Å². The van der Waals surface area contributed by atoms with Crippen molar-refractivity contribution in [3.63, 3.8) is 0 Å². The molecule has 0 atom stereocenters. The number of nitrogens with one attached hydrogen (secondary N) is 1. The van der Waals surface area contributed by atoms with Crippen molar-refractivity contribution in [1.82, 2.24) is 15.2 Å². The van der Waals surface area contributed by atoms with E-state index in [-0.39, 0.29) is 10.8 Å². The van der Waals surface area contributed by atoms with Gasteiger partial charge in [-0.1, -0.05) is 46.1 Å². The standard InChI is InChI=1S/C25H37N3O2/c1-24(2,3)19-8-9-21-20(16-19)27-22(30-21)17-25(10-5-4-6-11-25)18-23(29)28-14-7-12-26-13-15-28/h8-9,16,26H,4-7,10-15,17-18H2,1-3H3. The Hall–Kier alpha value is -1.88. The van der Waals surface area contributed by atoms with Gasteiger partial charge in [-0.05, 0) is 54.3 Å². The van der Waals surface area contributed by atoms with Gasteiger partial charge in [0.1, 0.15) is 5.52 Å². The lowest BCUT2D eigenvalue weighted by Crippen LogP contribution is -2.39. The maximum Gasteiger partial charge on any atom is 0.223 e. The molecule has 1 aliphatic heterocycles. The molecule has 2 aromatic rings. The maximum atomic E-state index is 13.2. The molecule has 1 aliphatic carbocycles. The number of aromatic nitrogens is 1. The van der Waals surface area contributed by atoms with Crippen LogP contribution in [0, 0.1) is 5.41 Å². The number of benzene rings is 1. The first-order chi connectivity index (χ1) is 14.3. The average Bonchev–Trinajstić information content (AvgIpc) is 2.90. The Labute approximate surface area is 180 Å². The van der Waals surface area contributed by atoms with E-state index in [0.717, 1.165) is 68.9 Å². The van der Waals surface area contributed by atoms with Gasteiger partial charge >= 0.3 is 0 Å². The molecule has 164 valence electrons. The topological polar surface area (TPSA) is 58.4 Å². The minimum atomic E-state index is -0.0111. The van der Waals surface area contributed by atoms with Gasteiger partial charge in [0.25, 0.3) is 0 Å². The Morgan fingerprint density at radius 3 is 2.70 bits per heavy atom. The number of amides is 1. The van der Waals surface area contributed by atoms with Crippen LogP contribution in [0.25, 0.3) is 11.1 Å². The SMILES string of the molecule is CC(C)(C)c1ccc2oc(CC3(CC(=O)N4CCCNCC4)CCCCC3)nc2c1. The summed E-state index contributed by atoms with van der Waals surface area (Å²) in [6.07, 6.45) is 8.29. The Bertz CT molecular complexity index is 866. The molecule has 2 fully saturated rings. The predicted octanol–water partition coefficient (Wildman–Crippen LogP) is 4.83. The number of carbonyl (C=O) groups is 1. The third-order valence-electron chi connectivity index (χ3n) is 6.96. The van der Waals surface area contributed by atoms with Crippen LogP contribution in [0.15, 0.2) is 22.6 Å². The van der Waals surface area contributed by atoms with Gasteiger partial charge in [-0.15, -0.1) is 0 Å². The van der Waals surface area contributed by atoms with Crippen LogP contribution < -0.4 is 5.32 Å². The first-order valence-corrected chi connectivity index (χ1v) is 11.7. The van der Waals surface area contributed by atoms with Crippen molar-refractivity contribution < 1.29 is 9.21 Å². The number of rotatable bonds is 4. The third kappa shape index (κ3) is 4.88. The number of carbonyl (C=O) groups excluding carboxylic acids is 1. The predicted molar refractivity (Wildman–Crippen MR) is 121 cm³/mol. The molecule has 4 rings (SSSR count). The quantitative estimate of drug-likeness (QED) is 0.783. The second-order valence-electron chi connectivity index (χ2n) is 10.4. The molecule has 0 radical (unpaired) electrons. The van der Waals surface area contributed by atoms with E-state index in [2.05, 4.69) is 49.2 Å². The minimum Gasteiger partial charge on any atom is -0.441 e. The van der Waals surface area contributed by atoms with Gasteiger partial charge in [0.2, 0.25) is 5.91 Å². The highest BCUT2D eigenvalue weighted by Gasteiger charge is 2.37. The Morgan fingerprint density at radius 1 is 1.13 bits per heavy atom. The van der Waals surface area contributed by atoms with Gasteiger partial charge in [0, 0.05) is 32.5 Å². The molecule has 0 bridgehead atoms. The molecule has 2 heterocycles. The third-order valence-corrected chi connectivity index (χ3v) is 6.96. The van der Waals surface area contributed by atoms with E-state index in [4.69, 9.17) is 9.40 Å². The second-order valence-corrected chi connectivity index (χ2v) is 10.4. The Morgan fingerprint density at radius 2 is 1.93 bits per heavy atom. The van der Waals surface area contributed by atoms with Crippen LogP contribution in [0.4, 0.5) is 0 Å². The van der Waals surface area contributed by atoms with Crippen molar-refractivity contribution in [3.8, 4) is 0 Å². The molecule has 5 nitrogen and oxygen atoms in total. The summed E-state index contributed by atoms with van der Waals surface area (Å²) in [5.41, 5.74) is 3.14. The number of fused-ring (bicyclic) bond motifs is 1. The summed E-state index contributed by atoms with van der Waals surface area (Å²) in [6, 6.07) is 6.35. The molecule has 1 N–H and O–H groups in total. The molecule has 0 unspecified atom stereocenters. The zero-order valence-corrected chi connectivity index (χ0v) is 18.9. The fraction of sp³-hybridized carbons (Fsp3) is 0.680. The molecule has 5 heteroatoms. The van der Waals surface area contributed by atoms with Gasteiger partial charge in [0.05, 0.1) is 0 Å². The first kappa shape index (κ1) is 21.4. The van der Waals surface area contributed by atoms with E-state index in [1.165, 1.54) is 24.8 Å². The lowest BCUT2D eigenvalue weighted by Gasteiger charge is -2.37. The number of nitrogens with zero attached hydrogens (tertiary/aromatic N) is 2. The molecular weight excluding hydrogens is 374 g/mol. The van der Waals surface area contributed by atoms with E-state index in [0.29, 0.717) is 12.3 Å². The van der Waals surface area contributed by atoms with E-state index in [9.17, 15) is 4.79 Å². The maximum absolute atomic E-state index is 13.2. The largest absolute Gasteiger partial charge is 0.441 e. The van der Waals surface area contributed by atoms with Crippen LogP contribution in [0.3, 0.4) is 0 Å². The average molecular weight is 412 g/mol. The molecule has 2 aliphatic rings. The fourth-order valence-corrected chi connectivity index (χ4v) is 5.08. The van der Waals surface area contributed by atoms with Crippen LogP contribution in [0.1, 0.15) is 77.2 Å². The summed E-state index contributed by atoms with van der Waals surface area (Å²) < 4.78 is 6.16.